The van der Waals surface area contributed by atoms with Crippen LogP contribution in [0, 0.1) is 5.92 Å². The molecule has 0 heterocycles. The highest BCUT2D eigenvalue weighted by molar-refractivity contribution is 7.17. The summed E-state index contributed by atoms with van der Waals surface area (Å²) >= 11 is 0. The number of carbonyl (C=O) groups is 2. The Morgan fingerprint density at radius 3 is 2.00 bits per heavy atom. The SMILES string of the molecule is C[C@H](CC(=O)OCC1c2ccccc2-c2ccccc21)C(=O)O.[BH3-][B][BH3-]. The summed E-state index contributed by atoms with van der Waals surface area (Å²) in [6, 6.07) is 16.2. The molecule has 0 bridgehead atoms. The molecule has 2 aromatic carbocycles. The van der Waals surface area contributed by atoms with Gasteiger partial charge < -0.3 is 16.9 Å². The van der Waals surface area contributed by atoms with Gasteiger partial charge in [0.05, 0.1) is 12.3 Å². The second-order valence-electron chi connectivity index (χ2n) is 5.85. The second-order valence-corrected chi connectivity index (χ2v) is 5.85. The van der Waals surface area contributed by atoms with Crippen molar-refractivity contribution in [1.29, 1.82) is 0 Å². The summed E-state index contributed by atoms with van der Waals surface area (Å²) in [4.78, 5) is 22.7. The van der Waals surface area contributed by atoms with Gasteiger partial charge in [-0.2, -0.15) is 0 Å². The number of hydrogen-bond donors (Lipinski definition) is 1. The van der Waals surface area contributed by atoms with Gasteiger partial charge in [0, 0.05) is 5.92 Å². The molecule has 0 saturated heterocycles. The fourth-order valence-corrected chi connectivity index (χ4v) is 3.01. The molecule has 0 amide bonds. The number of carboxylic acids is 1. The van der Waals surface area contributed by atoms with Crippen LogP contribution in [0.4, 0.5) is 0 Å². The minimum Gasteiger partial charge on any atom is -0.481 e. The van der Waals surface area contributed by atoms with E-state index in [2.05, 4.69) is 19.2 Å². The number of fused-ring (bicyclic) bond motifs is 3. The minimum absolute atomic E-state index is 0.00600. The lowest BCUT2D eigenvalue weighted by molar-refractivity contribution is -0.151. The van der Waals surface area contributed by atoms with Crippen molar-refractivity contribution in [2.45, 2.75) is 19.3 Å². The lowest BCUT2D eigenvalue weighted by Gasteiger charge is -2.14. The Hall–Kier alpha value is -2.43. The molecule has 26 heavy (non-hydrogen) atoms. The summed E-state index contributed by atoms with van der Waals surface area (Å²) in [6.45, 7) is 1.74. The van der Waals surface area contributed by atoms with E-state index in [1.54, 1.807) is 0 Å². The second kappa shape index (κ2) is 9.32. The minimum atomic E-state index is -0.987. The summed E-state index contributed by atoms with van der Waals surface area (Å²) in [7, 11) is 4.00. The molecule has 135 valence electrons. The van der Waals surface area contributed by atoms with Crippen LogP contribution in [-0.2, 0) is 14.3 Å². The van der Waals surface area contributed by atoms with Gasteiger partial charge in [-0.3, -0.25) is 9.59 Å². The van der Waals surface area contributed by atoms with Crippen molar-refractivity contribution in [1.82, 2.24) is 0 Å². The van der Waals surface area contributed by atoms with Crippen LogP contribution in [0.2, 0.25) is 0 Å². The molecule has 3 rings (SSSR count). The number of carboxylic acid groups (broad SMARTS) is 1. The zero-order valence-corrected chi connectivity index (χ0v) is 13.4. The van der Waals surface area contributed by atoms with Gasteiger partial charge in [-0.15, -0.1) is 15.5 Å². The van der Waals surface area contributed by atoms with E-state index in [4.69, 9.17) is 9.84 Å². The molecule has 0 aliphatic heterocycles. The highest BCUT2D eigenvalue weighted by atomic mass is 16.5. The molecular weight excluding hydrogens is 325 g/mol. The molecule has 0 saturated carbocycles. The molecule has 4 nitrogen and oxygen atoms in total. The van der Waals surface area contributed by atoms with Crippen LogP contribution < -0.4 is 0 Å². The average molecular weight is 349 g/mol. The van der Waals surface area contributed by atoms with Gasteiger partial charge in [0.25, 0.3) is 0 Å². The quantitative estimate of drug-likeness (QED) is 0.638. The first kappa shape index (κ1) is 19.9. The molecule has 1 aliphatic carbocycles. The Labute approximate surface area is 157 Å². The number of rotatable bonds is 5. The topological polar surface area (TPSA) is 63.6 Å². The highest BCUT2D eigenvalue weighted by Crippen LogP contribution is 2.44. The van der Waals surface area contributed by atoms with Crippen LogP contribution in [0.25, 0.3) is 11.1 Å². The smallest absolute Gasteiger partial charge is 0.306 e. The zero-order chi connectivity index (χ0) is 19.1. The fourth-order valence-electron chi connectivity index (χ4n) is 3.01. The van der Waals surface area contributed by atoms with Crippen LogP contribution >= 0.6 is 0 Å². The molecule has 0 aromatic heterocycles. The van der Waals surface area contributed by atoms with E-state index in [0.29, 0.717) is 0 Å². The van der Waals surface area contributed by atoms with Crippen LogP contribution in [0.3, 0.4) is 0 Å². The largest absolute Gasteiger partial charge is 0.481 e. The summed E-state index contributed by atoms with van der Waals surface area (Å²) in [6.07, 6.45) is -0.106. The van der Waals surface area contributed by atoms with Crippen molar-refractivity contribution in [3.63, 3.8) is 0 Å². The van der Waals surface area contributed by atoms with Crippen LogP contribution in [-0.4, -0.2) is 46.2 Å². The van der Waals surface area contributed by atoms with Crippen molar-refractivity contribution in [3.05, 3.63) is 59.7 Å². The molecule has 0 unspecified atom stereocenters. The monoisotopic (exact) mass is 349 g/mol. The Morgan fingerprint density at radius 1 is 1.08 bits per heavy atom. The summed E-state index contributed by atoms with van der Waals surface area (Å²) in [5.41, 5.74) is 4.63. The van der Waals surface area contributed by atoms with Gasteiger partial charge in [0.1, 0.15) is 6.61 Å². The third kappa shape index (κ3) is 4.60. The van der Waals surface area contributed by atoms with Crippen molar-refractivity contribution >= 4 is 34.5 Å². The maximum atomic E-state index is 11.9. The van der Waals surface area contributed by atoms with E-state index in [1.807, 2.05) is 36.4 Å². The predicted octanol–water partition coefficient (Wildman–Crippen LogP) is 0.704. The number of aliphatic carboxylic acids is 1. The van der Waals surface area contributed by atoms with E-state index in [1.165, 1.54) is 18.1 Å². The molecule has 1 radical (unpaired) electrons. The van der Waals surface area contributed by atoms with Crippen LogP contribution in [0.15, 0.2) is 48.5 Å². The first-order valence-corrected chi connectivity index (χ1v) is 7.64. The maximum Gasteiger partial charge on any atom is 0.306 e. The van der Waals surface area contributed by atoms with Crippen molar-refractivity contribution in [3.8, 4) is 11.1 Å². The van der Waals surface area contributed by atoms with Gasteiger partial charge in [-0.05, 0) is 22.3 Å². The Kier molecular flexibility index (Phi) is 7.13. The number of carbonyl (C=O) groups excluding carboxylic acids is 1. The Balaban J connectivity index is 0.000000758. The van der Waals surface area contributed by atoms with Crippen molar-refractivity contribution in [2.24, 2.45) is 5.92 Å². The number of ether oxygens (including phenoxy) is 1. The maximum absolute atomic E-state index is 11.9. The van der Waals surface area contributed by atoms with Crippen molar-refractivity contribution in [2.75, 3.05) is 6.61 Å². The zero-order valence-electron chi connectivity index (χ0n) is 13.4. The fraction of sp³-hybridized carbons (Fsp3) is 0.263. The molecule has 1 N–H and O–H groups in total. The number of esters is 1. The van der Waals surface area contributed by atoms with E-state index in [0.717, 1.165) is 26.6 Å². The summed E-state index contributed by atoms with van der Waals surface area (Å²) in [5.74, 6) is -2.18. The Bertz CT molecular complexity index is 733. The van der Waals surface area contributed by atoms with E-state index in [-0.39, 0.29) is 18.9 Å². The van der Waals surface area contributed by atoms with E-state index < -0.39 is 17.9 Å². The third-order valence-corrected chi connectivity index (χ3v) is 4.27. The lowest BCUT2D eigenvalue weighted by Crippen LogP contribution is -2.18. The standard InChI is InChI=1S/C19H18O4.B3H6/c1-12(19(21)22)10-18(20)23-11-17-15-8-4-2-6-13(15)14-7-3-5-9-16(14)17;1-3-2/h2-9,12,17H,10-11H2,1H3,(H,21,22);1-2H3/q;-2/t12-;/m1./s1. The molecular formula is C19H24B3O4-2. The normalized spacial score (nSPS) is 12.9. The van der Waals surface area contributed by atoms with Gasteiger partial charge in [-0.25, -0.2) is 0 Å². The van der Waals surface area contributed by atoms with E-state index >= 15 is 0 Å². The molecule has 7 heteroatoms. The van der Waals surface area contributed by atoms with Crippen LogP contribution in [0.5, 0.6) is 0 Å². The van der Waals surface area contributed by atoms with E-state index in [9.17, 15) is 9.59 Å². The molecule has 0 fully saturated rings. The highest BCUT2D eigenvalue weighted by Gasteiger charge is 2.29. The van der Waals surface area contributed by atoms with Crippen molar-refractivity contribution < 1.29 is 19.4 Å². The van der Waals surface area contributed by atoms with Gasteiger partial charge in [0.15, 0.2) is 0 Å². The van der Waals surface area contributed by atoms with Gasteiger partial charge >= 0.3 is 11.9 Å². The Morgan fingerprint density at radius 2 is 1.54 bits per heavy atom. The molecule has 2 aromatic rings. The average Bonchev–Trinajstić information content (AvgIpc) is 2.94. The third-order valence-electron chi connectivity index (χ3n) is 4.27. The van der Waals surface area contributed by atoms with Gasteiger partial charge in [0.2, 0.25) is 0 Å². The van der Waals surface area contributed by atoms with Crippen LogP contribution in [0.1, 0.15) is 30.4 Å². The summed E-state index contributed by atoms with van der Waals surface area (Å²) in [5, 5.41) is 8.86. The number of benzene rings is 2. The molecule has 1 aliphatic rings. The lowest BCUT2D eigenvalue weighted by atomic mass is 9.40. The first-order valence-electron chi connectivity index (χ1n) is 7.64. The number of hydrogen-bond acceptors (Lipinski definition) is 3. The summed E-state index contributed by atoms with van der Waals surface area (Å²) < 4.78 is 5.36. The predicted molar refractivity (Wildman–Crippen MR) is 112 cm³/mol. The molecule has 0 spiro atoms. The molecule has 1 atom stereocenters. The first-order chi connectivity index (χ1) is 12.5. The van der Waals surface area contributed by atoms with Gasteiger partial charge in [-0.1, -0.05) is 55.5 Å².